The Hall–Kier alpha value is -3.03. The molecule has 0 radical (unpaired) electrons. The summed E-state index contributed by atoms with van der Waals surface area (Å²) < 4.78 is 20.1. The third kappa shape index (κ3) is 5.73. The summed E-state index contributed by atoms with van der Waals surface area (Å²) in [4.78, 5) is 37.2. The average molecular weight is 391 g/mol. The van der Waals surface area contributed by atoms with Crippen molar-refractivity contribution in [3.63, 3.8) is 0 Å². The summed E-state index contributed by atoms with van der Waals surface area (Å²) >= 11 is 0. The molecule has 1 fully saturated rings. The minimum Gasteiger partial charge on any atom is -0.497 e. The number of benzene rings is 1. The van der Waals surface area contributed by atoms with E-state index in [4.69, 9.17) is 18.9 Å². The van der Waals surface area contributed by atoms with E-state index in [-0.39, 0.29) is 24.4 Å². The molecule has 28 heavy (non-hydrogen) atoms. The molecule has 0 aliphatic carbocycles. The fourth-order valence-corrected chi connectivity index (χ4v) is 2.93. The zero-order valence-corrected chi connectivity index (χ0v) is 16.3. The van der Waals surface area contributed by atoms with E-state index in [0.717, 1.165) is 0 Å². The molecule has 0 atom stereocenters. The van der Waals surface area contributed by atoms with Gasteiger partial charge >= 0.3 is 11.9 Å². The Labute approximate surface area is 164 Å². The highest BCUT2D eigenvalue weighted by Gasteiger charge is 2.28. The number of carbonyl (C=O) groups is 3. The number of piperidine rings is 1. The van der Waals surface area contributed by atoms with Gasteiger partial charge in [0.1, 0.15) is 11.5 Å². The van der Waals surface area contributed by atoms with Crippen molar-refractivity contribution in [2.45, 2.75) is 12.8 Å². The monoisotopic (exact) mass is 391 g/mol. The van der Waals surface area contributed by atoms with Crippen LogP contribution in [0.15, 0.2) is 24.3 Å². The largest absolute Gasteiger partial charge is 0.497 e. The number of rotatable bonds is 7. The van der Waals surface area contributed by atoms with Crippen LogP contribution in [0.3, 0.4) is 0 Å². The Kier molecular flexibility index (Phi) is 7.86. The summed E-state index contributed by atoms with van der Waals surface area (Å²) in [6.45, 7) is 0.529. The van der Waals surface area contributed by atoms with E-state index in [0.29, 0.717) is 43.0 Å². The fraction of sp³-hybridized carbons (Fsp3) is 0.450. The number of hydrogen-bond acceptors (Lipinski definition) is 7. The van der Waals surface area contributed by atoms with Gasteiger partial charge in [0.15, 0.2) is 6.61 Å². The molecule has 8 heteroatoms. The lowest BCUT2D eigenvalue weighted by molar-refractivity contribution is -0.151. The van der Waals surface area contributed by atoms with Crippen LogP contribution >= 0.6 is 0 Å². The van der Waals surface area contributed by atoms with E-state index in [1.54, 1.807) is 30.2 Å². The van der Waals surface area contributed by atoms with Gasteiger partial charge in [-0.3, -0.25) is 9.59 Å². The smallest absolute Gasteiger partial charge is 0.331 e. The molecule has 0 N–H and O–H groups in total. The van der Waals surface area contributed by atoms with Crippen LogP contribution in [0.2, 0.25) is 0 Å². The first-order chi connectivity index (χ1) is 13.5. The first-order valence-electron chi connectivity index (χ1n) is 8.91. The maximum atomic E-state index is 12.2. The molecule has 0 saturated carbocycles. The molecule has 0 unspecified atom stereocenters. The Morgan fingerprint density at radius 2 is 1.82 bits per heavy atom. The topological polar surface area (TPSA) is 91.4 Å². The maximum Gasteiger partial charge on any atom is 0.331 e. The highest BCUT2D eigenvalue weighted by molar-refractivity contribution is 5.89. The van der Waals surface area contributed by atoms with E-state index in [2.05, 4.69) is 0 Å². The zero-order valence-electron chi connectivity index (χ0n) is 16.3. The molecule has 1 amide bonds. The van der Waals surface area contributed by atoms with E-state index < -0.39 is 5.97 Å². The van der Waals surface area contributed by atoms with Crippen molar-refractivity contribution in [1.29, 1.82) is 0 Å². The summed E-state index contributed by atoms with van der Waals surface area (Å²) in [6, 6.07) is 5.20. The summed E-state index contributed by atoms with van der Waals surface area (Å²) in [5, 5.41) is 0. The Morgan fingerprint density at radius 1 is 1.11 bits per heavy atom. The second-order valence-corrected chi connectivity index (χ2v) is 6.23. The van der Waals surface area contributed by atoms with Crippen molar-refractivity contribution in [3.05, 3.63) is 29.8 Å². The lowest BCUT2D eigenvalue weighted by Crippen LogP contribution is -2.42. The minimum atomic E-state index is -0.636. The summed E-state index contributed by atoms with van der Waals surface area (Å²) in [5.74, 6) is -0.158. The summed E-state index contributed by atoms with van der Waals surface area (Å²) in [5.41, 5.74) is 0.648. The van der Waals surface area contributed by atoms with E-state index in [1.807, 2.05) is 0 Å². The minimum absolute atomic E-state index is 0.183. The van der Waals surface area contributed by atoms with Gasteiger partial charge in [-0.2, -0.15) is 0 Å². The number of amides is 1. The third-order valence-electron chi connectivity index (χ3n) is 4.56. The standard InChI is InChI=1S/C20H25NO7/c1-25-16-5-6-17(26-2)15(12-16)4-7-19(23)28-13-18(22)21-10-8-14(9-11-21)20(24)27-3/h4-7,12,14H,8-11,13H2,1-3H3/b7-4+. The normalized spacial score (nSPS) is 14.6. The van der Waals surface area contributed by atoms with Crippen molar-refractivity contribution >= 4 is 23.9 Å². The number of esters is 2. The zero-order chi connectivity index (χ0) is 20.5. The van der Waals surface area contributed by atoms with Crippen molar-refractivity contribution in [2.24, 2.45) is 5.92 Å². The number of methoxy groups -OCH3 is 3. The van der Waals surface area contributed by atoms with E-state index >= 15 is 0 Å². The Balaban J connectivity index is 1.83. The van der Waals surface area contributed by atoms with Gasteiger partial charge in [-0.15, -0.1) is 0 Å². The van der Waals surface area contributed by atoms with E-state index in [1.165, 1.54) is 26.4 Å². The fourth-order valence-electron chi connectivity index (χ4n) is 2.93. The van der Waals surface area contributed by atoms with E-state index in [9.17, 15) is 14.4 Å². The second-order valence-electron chi connectivity index (χ2n) is 6.23. The predicted octanol–water partition coefficient (Wildman–Crippen LogP) is 1.67. The van der Waals surface area contributed by atoms with Gasteiger partial charge in [-0.25, -0.2) is 4.79 Å². The van der Waals surface area contributed by atoms with Gasteiger partial charge in [-0.1, -0.05) is 0 Å². The second kappa shape index (κ2) is 10.3. The van der Waals surface area contributed by atoms with Crippen LogP contribution in [0.4, 0.5) is 0 Å². The highest BCUT2D eigenvalue weighted by atomic mass is 16.5. The van der Waals surface area contributed by atoms with Gasteiger partial charge in [0.05, 0.1) is 27.2 Å². The lowest BCUT2D eigenvalue weighted by atomic mass is 9.97. The number of likely N-dealkylation sites (tertiary alicyclic amines) is 1. The van der Waals surface area contributed by atoms with Crippen molar-refractivity contribution < 1.29 is 33.3 Å². The molecule has 0 bridgehead atoms. The molecule has 0 spiro atoms. The lowest BCUT2D eigenvalue weighted by Gasteiger charge is -2.30. The summed E-state index contributed by atoms with van der Waals surface area (Å²) in [6.07, 6.45) is 3.86. The number of ether oxygens (including phenoxy) is 4. The van der Waals surface area contributed by atoms with Crippen LogP contribution in [0.5, 0.6) is 11.5 Å². The molecule has 1 aromatic rings. The average Bonchev–Trinajstić information content (AvgIpc) is 2.75. The van der Waals surface area contributed by atoms with Crippen molar-refractivity contribution in [2.75, 3.05) is 41.0 Å². The van der Waals surface area contributed by atoms with Gasteiger partial charge in [0.25, 0.3) is 5.91 Å². The molecular weight excluding hydrogens is 366 g/mol. The van der Waals surface area contributed by atoms with Crippen LogP contribution in [0.25, 0.3) is 6.08 Å². The Bertz CT molecular complexity index is 736. The molecular formula is C20H25NO7. The molecule has 8 nitrogen and oxygen atoms in total. The van der Waals surface area contributed by atoms with Gasteiger partial charge < -0.3 is 23.8 Å². The first-order valence-corrected chi connectivity index (χ1v) is 8.91. The van der Waals surface area contributed by atoms with Crippen LogP contribution in [-0.2, 0) is 23.9 Å². The number of hydrogen-bond donors (Lipinski definition) is 0. The molecule has 1 saturated heterocycles. The molecule has 1 aliphatic rings. The maximum absolute atomic E-state index is 12.2. The predicted molar refractivity (Wildman–Crippen MR) is 101 cm³/mol. The van der Waals surface area contributed by atoms with Gasteiger partial charge in [0, 0.05) is 24.7 Å². The SMILES string of the molecule is COC(=O)C1CCN(C(=O)COC(=O)/C=C/c2cc(OC)ccc2OC)CC1. The Morgan fingerprint density at radius 3 is 2.43 bits per heavy atom. The van der Waals surface area contributed by atoms with Crippen molar-refractivity contribution in [1.82, 2.24) is 4.90 Å². The highest BCUT2D eigenvalue weighted by Crippen LogP contribution is 2.25. The van der Waals surface area contributed by atoms with Gasteiger partial charge in [0.2, 0.25) is 0 Å². The van der Waals surface area contributed by atoms with Crippen LogP contribution in [0.1, 0.15) is 18.4 Å². The molecule has 1 heterocycles. The molecule has 1 aromatic carbocycles. The molecule has 1 aliphatic heterocycles. The van der Waals surface area contributed by atoms with Crippen LogP contribution in [0, 0.1) is 5.92 Å². The summed E-state index contributed by atoms with van der Waals surface area (Å²) in [7, 11) is 4.43. The first kappa shape index (κ1) is 21.3. The number of nitrogens with zero attached hydrogens (tertiary/aromatic N) is 1. The third-order valence-corrected chi connectivity index (χ3v) is 4.56. The van der Waals surface area contributed by atoms with Crippen LogP contribution < -0.4 is 9.47 Å². The van der Waals surface area contributed by atoms with Gasteiger partial charge in [-0.05, 0) is 37.1 Å². The molecule has 0 aromatic heterocycles. The number of carbonyl (C=O) groups excluding carboxylic acids is 3. The molecule has 2 rings (SSSR count). The molecule has 152 valence electrons. The quantitative estimate of drug-likeness (QED) is 0.516. The van der Waals surface area contributed by atoms with Crippen molar-refractivity contribution in [3.8, 4) is 11.5 Å². The van der Waals surface area contributed by atoms with Crippen LogP contribution in [-0.4, -0.2) is 63.8 Å².